The van der Waals surface area contributed by atoms with Crippen molar-refractivity contribution in [3.05, 3.63) is 53.8 Å². The van der Waals surface area contributed by atoms with E-state index in [1.165, 1.54) is 18.5 Å². The van der Waals surface area contributed by atoms with Crippen LogP contribution >= 0.6 is 0 Å². The van der Waals surface area contributed by atoms with Crippen LogP contribution in [0.5, 0.6) is 0 Å². The number of rotatable bonds is 5. The predicted molar refractivity (Wildman–Crippen MR) is 137 cm³/mol. The van der Waals surface area contributed by atoms with E-state index in [9.17, 15) is 9.18 Å². The molecule has 0 bridgehead atoms. The molecule has 38 heavy (non-hydrogen) atoms. The van der Waals surface area contributed by atoms with Gasteiger partial charge in [-0.15, -0.1) is 0 Å². The summed E-state index contributed by atoms with van der Waals surface area (Å²) in [5.41, 5.74) is 6.70. The number of carbonyl (C=O) groups is 1. The molecule has 196 valence electrons. The summed E-state index contributed by atoms with van der Waals surface area (Å²) in [6.45, 7) is 6.17. The summed E-state index contributed by atoms with van der Waals surface area (Å²) < 4.78 is 38.6. The molecular weight excluding hydrogens is 494 g/mol. The molecule has 1 amide bonds. The summed E-state index contributed by atoms with van der Waals surface area (Å²) in [5, 5.41) is 5.00. The summed E-state index contributed by atoms with van der Waals surface area (Å²) in [6, 6.07) is 0.880. The molecule has 1 aliphatic rings. The normalized spacial score (nSPS) is 17.2. The number of imidazole rings is 1. The minimum Gasteiger partial charge on any atom is -0.385 e. The van der Waals surface area contributed by atoms with Crippen LogP contribution in [0, 0.1) is 30.4 Å². The Balaban J connectivity index is 1.58. The van der Waals surface area contributed by atoms with Crippen LogP contribution in [0.25, 0.3) is 22.1 Å². The lowest BCUT2D eigenvalue weighted by atomic mass is 10.1. The van der Waals surface area contributed by atoms with Crippen molar-refractivity contribution in [3.63, 3.8) is 0 Å². The number of hydrogen-bond donors (Lipinski definition) is 1. The van der Waals surface area contributed by atoms with Crippen LogP contribution in [0.1, 0.15) is 36.0 Å². The van der Waals surface area contributed by atoms with Crippen LogP contribution in [-0.4, -0.2) is 66.4 Å². The second-order valence-corrected chi connectivity index (χ2v) is 9.15. The lowest BCUT2D eigenvalue weighted by Gasteiger charge is -2.22. The van der Waals surface area contributed by atoms with Gasteiger partial charge < -0.3 is 19.9 Å². The standard InChI is InChI=1S/C26H26F2N8O2/c1-5-21(37)35-12-16(10-15(35)8-9-38-4)36-26-22(25(29)30-13-31-26)19(33-36)7-6-17-18(27)11-20-24(23(17)28)32-14(2)34(20)3/h5,11,13,15-16H,1,8-10,12H2,2-4H3,(H2,29,30,31)/t15-,16?/m0/s1. The fourth-order valence-electron chi connectivity index (χ4n) is 4.93. The van der Waals surface area contributed by atoms with Gasteiger partial charge in [0.05, 0.1) is 22.5 Å². The number of amides is 1. The number of anilines is 1. The molecular formula is C26H26F2N8O2. The molecule has 1 saturated heterocycles. The number of ether oxygens (including phenoxy) is 1. The third-order valence-corrected chi connectivity index (χ3v) is 6.97. The van der Waals surface area contributed by atoms with E-state index < -0.39 is 17.2 Å². The fourth-order valence-corrected chi connectivity index (χ4v) is 4.93. The molecule has 1 aromatic carbocycles. The Morgan fingerprint density at radius 1 is 1.34 bits per heavy atom. The highest BCUT2D eigenvalue weighted by Gasteiger charge is 2.36. The van der Waals surface area contributed by atoms with Crippen LogP contribution in [0.15, 0.2) is 25.0 Å². The molecule has 1 fully saturated rings. The largest absolute Gasteiger partial charge is 0.385 e. The third-order valence-electron chi connectivity index (χ3n) is 6.97. The molecule has 1 aliphatic heterocycles. The first-order valence-corrected chi connectivity index (χ1v) is 12.0. The third kappa shape index (κ3) is 4.14. The van der Waals surface area contributed by atoms with E-state index >= 15 is 4.39 Å². The number of aryl methyl sites for hydroxylation is 2. The van der Waals surface area contributed by atoms with Gasteiger partial charge in [-0.3, -0.25) is 4.79 Å². The highest BCUT2D eigenvalue weighted by molar-refractivity contribution is 5.91. The van der Waals surface area contributed by atoms with E-state index in [1.807, 2.05) is 0 Å². The van der Waals surface area contributed by atoms with E-state index in [-0.39, 0.29) is 35.0 Å². The number of carbonyl (C=O) groups excluding carboxylic acids is 1. The van der Waals surface area contributed by atoms with Gasteiger partial charge in [-0.1, -0.05) is 12.5 Å². The maximum Gasteiger partial charge on any atom is 0.246 e. The second kappa shape index (κ2) is 9.83. The number of likely N-dealkylation sites (tertiary alicyclic amines) is 1. The SMILES string of the molecule is C=CC(=O)N1CC(n2nc(C#Cc3c(F)cc4c(nc(C)n4C)c3F)c3c(N)ncnc32)C[C@@H]1CCOC. The fraction of sp³-hybridized carbons (Fsp3) is 0.346. The van der Waals surface area contributed by atoms with Crippen LogP contribution in [0.2, 0.25) is 0 Å². The van der Waals surface area contributed by atoms with Crippen LogP contribution in [-0.2, 0) is 16.6 Å². The van der Waals surface area contributed by atoms with Crippen molar-refractivity contribution in [2.45, 2.75) is 31.8 Å². The molecule has 0 spiro atoms. The Morgan fingerprint density at radius 2 is 2.13 bits per heavy atom. The van der Waals surface area contributed by atoms with Gasteiger partial charge in [-0.05, 0) is 31.8 Å². The highest BCUT2D eigenvalue weighted by Crippen LogP contribution is 2.33. The van der Waals surface area contributed by atoms with Crippen molar-refractivity contribution in [1.82, 2.24) is 34.2 Å². The number of nitrogens with zero attached hydrogens (tertiary/aromatic N) is 7. The monoisotopic (exact) mass is 520 g/mol. The zero-order valence-electron chi connectivity index (χ0n) is 21.2. The van der Waals surface area contributed by atoms with Gasteiger partial charge in [0, 0.05) is 39.4 Å². The van der Waals surface area contributed by atoms with Crippen molar-refractivity contribution in [1.29, 1.82) is 0 Å². The number of nitrogen functional groups attached to an aromatic ring is 1. The van der Waals surface area contributed by atoms with Crippen LogP contribution in [0.3, 0.4) is 0 Å². The van der Waals surface area contributed by atoms with Crippen LogP contribution in [0.4, 0.5) is 14.6 Å². The minimum absolute atomic E-state index is 0.0361. The average Bonchev–Trinajstić information content (AvgIpc) is 3.57. The Morgan fingerprint density at radius 3 is 2.87 bits per heavy atom. The Kier molecular flexibility index (Phi) is 6.54. The van der Waals surface area contributed by atoms with Gasteiger partial charge in [-0.2, -0.15) is 5.10 Å². The number of hydrogen-bond acceptors (Lipinski definition) is 7. The smallest absolute Gasteiger partial charge is 0.246 e. The van der Waals surface area contributed by atoms with Gasteiger partial charge in [-0.25, -0.2) is 28.4 Å². The molecule has 2 N–H and O–H groups in total. The molecule has 0 aliphatic carbocycles. The molecule has 2 atom stereocenters. The molecule has 0 radical (unpaired) electrons. The summed E-state index contributed by atoms with van der Waals surface area (Å²) in [4.78, 5) is 26.9. The summed E-state index contributed by atoms with van der Waals surface area (Å²) in [7, 11) is 3.29. The Hall–Kier alpha value is -4.37. The number of fused-ring (bicyclic) bond motifs is 2. The zero-order chi connectivity index (χ0) is 27.1. The molecule has 0 saturated carbocycles. The summed E-state index contributed by atoms with van der Waals surface area (Å²) in [5.74, 6) is 4.19. The number of aromatic nitrogens is 6. The first-order valence-electron chi connectivity index (χ1n) is 12.0. The van der Waals surface area contributed by atoms with Crippen molar-refractivity contribution < 1.29 is 18.3 Å². The lowest BCUT2D eigenvalue weighted by Crippen LogP contribution is -2.35. The van der Waals surface area contributed by atoms with Gasteiger partial charge >= 0.3 is 0 Å². The molecule has 4 heterocycles. The maximum absolute atomic E-state index is 15.2. The highest BCUT2D eigenvalue weighted by atomic mass is 19.1. The maximum atomic E-state index is 15.2. The molecule has 5 rings (SSSR count). The summed E-state index contributed by atoms with van der Waals surface area (Å²) >= 11 is 0. The minimum atomic E-state index is -0.848. The van der Waals surface area contributed by atoms with Gasteiger partial charge in [0.25, 0.3) is 0 Å². The van der Waals surface area contributed by atoms with Gasteiger partial charge in [0.15, 0.2) is 11.5 Å². The molecule has 10 nitrogen and oxygen atoms in total. The number of nitrogens with two attached hydrogens (primary N) is 1. The topological polar surface area (TPSA) is 117 Å². The lowest BCUT2D eigenvalue weighted by molar-refractivity contribution is -0.127. The molecule has 12 heteroatoms. The van der Waals surface area contributed by atoms with Crippen molar-refractivity contribution in [3.8, 4) is 11.8 Å². The van der Waals surface area contributed by atoms with E-state index in [1.54, 1.807) is 35.2 Å². The molecule has 3 aromatic heterocycles. The van der Waals surface area contributed by atoms with E-state index in [4.69, 9.17) is 10.5 Å². The van der Waals surface area contributed by atoms with Crippen molar-refractivity contribution >= 4 is 33.8 Å². The van der Waals surface area contributed by atoms with E-state index in [0.29, 0.717) is 48.4 Å². The average molecular weight is 521 g/mol. The van der Waals surface area contributed by atoms with E-state index in [0.717, 1.165) is 0 Å². The Bertz CT molecular complexity index is 1650. The van der Waals surface area contributed by atoms with Gasteiger partial charge in [0.1, 0.15) is 35.0 Å². The van der Waals surface area contributed by atoms with Crippen LogP contribution < -0.4 is 5.73 Å². The van der Waals surface area contributed by atoms with Crippen molar-refractivity contribution in [2.75, 3.05) is 26.0 Å². The first kappa shape index (κ1) is 25.3. The molecule has 1 unspecified atom stereocenters. The number of methoxy groups -OCH3 is 1. The zero-order valence-corrected chi connectivity index (χ0v) is 21.2. The Labute approximate surface area is 217 Å². The number of halogens is 2. The van der Waals surface area contributed by atoms with Gasteiger partial charge in [0.2, 0.25) is 5.91 Å². The predicted octanol–water partition coefficient (Wildman–Crippen LogP) is 2.65. The molecule has 4 aromatic rings. The second-order valence-electron chi connectivity index (χ2n) is 9.15. The first-order chi connectivity index (χ1) is 18.2. The van der Waals surface area contributed by atoms with E-state index in [2.05, 4.69) is 38.5 Å². The number of benzene rings is 1. The summed E-state index contributed by atoms with van der Waals surface area (Å²) in [6.07, 6.45) is 3.83. The quantitative estimate of drug-likeness (QED) is 0.318. The van der Waals surface area contributed by atoms with Crippen molar-refractivity contribution in [2.24, 2.45) is 7.05 Å².